The summed E-state index contributed by atoms with van der Waals surface area (Å²) in [5.41, 5.74) is 2.01. The summed E-state index contributed by atoms with van der Waals surface area (Å²) in [6.07, 6.45) is -0.845. The number of amides is 4. The maximum atomic E-state index is 12.0. The predicted molar refractivity (Wildman–Crippen MR) is 110 cm³/mol. The van der Waals surface area contributed by atoms with Gasteiger partial charge >= 0.3 is 6.03 Å². The number of hydrogen-bond acceptors (Lipinski definition) is 6. The van der Waals surface area contributed by atoms with E-state index in [1.54, 1.807) is 55.6 Å². The van der Waals surface area contributed by atoms with E-state index in [-0.39, 0.29) is 30.0 Å². The van der Waals surface area contributed by atoms with E-state index in [2.05, 4.69) is 10.6 Å². The van der Waals surface area contributed by atoms with E-state index >= 15 is 0 Å². The number of imide groups is 1. The van der Waals surface area contributed by atoms with Gasteiger partial charge in [0, 0.05) is 12.2 Å². The number of carbonyl (C=O) groups is 3. The molecular weight excluding hydrogens is 394 g/mol. The van der Waals surface area contributed by atoms with E-state index in [0.29, 0.717) is 17.0 Å². The van der Waals surface area contributed by atoms with Crippen LogP contribution in [0.5, 0.6) is 5.75 Å². The number of aliphatic hydroxyl groups is 1. The summed E-state index contributed by atoms with van der Waals surface area (Å²) in [7, 11) is 1.56. The summed E-state index contributed by atoms with van der Waals surface area (Å²) in [5, 5.41) is 15.2. The number of carbonyl (C=O) groups excluding carboxylic acids is 3. The minimum atomic E-state index is -0.845. The second kappa shape index (κ2) is 9.44. The van der Waals surface area contributed by atoms with Gasteiger partial charge in [0.15, 0.2) is 0 Å². The van der Waals surface area contributed by atoms with E-state index in [1.165, 1.54) is 4.90 Å². The second-order valence-corrected chi connectivity index (χ2v) is 7.28. The fourth-order valence-electron chi connectivity index (χ4n) is 2.72. The fourth-order valence-corrected chi connectivity index (χ4v) is 3.44. The molecular formula is C20H21N3O5S. The number of anilines is 1. The van der Waals surface area contributed by atoms with Crippen LogP contribution in [-0.2, 0) is 11.3 Å². The van der Waals surface area contributed by atoms with Crippen molar-refractivity contribution >= 4 is 34.6 Å². The number of methoxy groups -OCH3 is 1. The molecule has 0 aliphatic carbocycles. The first-order valence-corrected chi connectivity index (χ1v) is 9.88. The Labute approximate surface area is 172 Å². The highest BCUT2D eigenvalue weighted by Gasteiger charge is 2.29. The molecule has 1 aliphatic rings. The third-order valence-electron chi connectivity index (χ3n) is 4.35. The lowest BCUT2D eigenvalue weighted by molar-refractivity contribution is -0.125. The molecule has 4 amide bonds. The molecule has 3 N–H and O–H groups in total. The highest BCUT2D eigenvalue weighted by atomic mass is 32.2. The number of nitrogens with one attached hydrogen (secondary N) is 2. The van der Waals surface area contributed by atoms with Crippen LogP contribution >= 0.6 is 11.8 Å². The maximum Gasteiger partial charge on any atom is 0.319 e. The van der Waals surface area contributed by atoms with Crippen LogP contribution in [0.3, 0.4) is 0 Å². The van der Waals surface area contributed by atoms with Gasteiger partial charge in [-0.25, -0.2) is 4.79 Å². The quantitative estimate of drug-likeness (QED) is 0.642. The Morgan fingerprint density at radius 2 is 1.86 bits per heavy atom. The van der Waals surface area contributed by atoms with Crippen LogP contribution in [0.15, 0.2) is 48.5 Å². The molecule has 152 valence electrons. The van der Waals surface area contributed by atoms with E-state index in [1.807, 2.05) is 0 Å². The zero-order chi connectivity index (χ0) is 20.8. The molecule has 0 spiro atoms. The van der Waals surface area contributed by atoms with Gasteiger partial charge in [-0.3, -0.25) is 14.5 Å². The van der Waals surface area contributed by atoms with Gasteiger partial charge in [-0.15, -0.1) is 0 Å². The summed E-state index contributed by atoms with van der Waals surface area (Å²) in [6.45, 7) is 0.262. The first kappa shape index (κ1) is 20.7. The Morgan fingerprint density at radius 3 is 2.45 bits per heavy atom. The third-order valence-corrected chi connectivity index (χ3v) is 5.21. The molecule has 1 atom stereocenters. The molecule has 1 aliphatic heterocycles. The predicted octanol–water partition coefficient (Wildman–Crippen LogP) is 2.75. The molecule has 1 unspecified atom stereocenters. The molecule has 1 heterocycles. The summed E-state index contributed by atoms with van der Waals surface area (Å²) in [6, 6.07) is 13.3. The van der Waals surface area contributed by atoms with Crippen molar-refractivity contribution in [3.8, 4) is 5.75 Å². The Balaban J connectivity index is 1.47. The Morgan fingerprint density at radius 1 is 1.17 bits per heavy atom. The number of hydrogen-bond donors (Lipinski definition) is 3. The molecule has 0 bridgehead atoms. The van der Waals surface area contributed by atoms with Gasteiger partial charge in [0.2, 0.25) is 5.91 Å². The average Bonchev–Trinajstić information content (AvgIpc) is 3.05. The molecule has 0 saturated carbocycles. The fraction of sp³-hybridized carbons (Fsp3) is 0.250. The summed E-state index contributed by atoms with van der Waals surface area (Å²) in [5.74, 6) is 0.672. The van der Waals surface area contributed by atoms with Crippen molar-refractivity contribution in [2.45, 2.75) is 12.6 Å². The van der Waals surface area contributed by atoms with E-state index in [4.69, 9.17) is 4.74 Å². The normalized spacial score (nSPS) is 14.6. The van der Waals surface area contributed by atoms with Crippen molar-refractivity contribution in [1.82, 2.24) is 10.2 Å². The molecule has 1 fully saturated rings. The minimum absolute atomic E-state index is 0.0487. The number of rotatable bonds is 7. The molecule has 2 aromatic rings. The van der Waals surface area contributed by atoms with Gasteiger partial charge in [0.25, 0.3) is 5.24 Å². The highest BCUT2D eigenvalue weighted by Crippen LogP contribution is 2.22. The van der Waals surface area contributed by atoms with Crippen molar-refractivity contribution in [2.75, 3.05) is 24.7 Å². The largest absolute Gasteiger partial charge is 0.497 e. The second-order valence-electron chi connectivity index (χ2n) is 6.36. The van der Waals surface area contributed by atoms with Gasteiger partial charge in [-0.05, 0) is 35.4 Å². The van der Waals surface area contributed by atoms with Crippen molar-refractivity contribution in [3.63, 3.8) is 0 Å². The first-order valence-electron chi connectivity index (χ1n) is 8.89. The van der Waals surface area contributed by atoms with E-state index in [9.17, 15) is 19.5 Å². The topological polar surface area (TPSA) is 108 Å². The lowest BCUT2D eigenvalue weighted by Crippen LogP contribution is -2.32. The van der Waals surface area contributed by atoms with Crippen LogP contribution in [0.25, 0.3) is 0 Å². The average molecular weight is 415 g/mol. The monoisotopic (exact) mass is 415 g/mol. The summed E-state index contributed by atoms with van der Waals surface area (Å²) in [4.78, 5) is 36.5. The molecule has 0 aromatic heterocycles. The molecule has 9 heteroatoms. The standard InChI is InChI=1S/C20H21N3O5S/c1-28-16-8-4-14(5-9-16)17(24)10-21-19(26)22-15-6-2-13(3-7-15)11-23-18(25)12-29-20(23)27/h2-9,17,24H,10-12H2,1H3,(H2,21,22,26). The van der Waals surface area contributed by atoms with Crippen molar-refractivity contribution in [1.29, 1.82) is 0 Å². The van der Waals surface area contributed by atoms with E-state index < -0.39 is 12.1 Å². The van der Waals surface area contributed by atoms with Crippen LogP contribution in [0.2, 0.25) is 0 Å². The molecule has 3 rings (SSSR count). The third kappa shape index (κ3) is 5.49. The van der Waals surface area contributed by atoms with Gasteiger partial charge < -0.3 is 20.5 Å². The number of thioether (sulfide) groups is 1. The zero-order valence-corrected chi connectivity index (χ0v) is 16.6. The Kier molecular flexibility index (Phi) is 6.73. The molecule has 2 aromatic carbocycles. The lowest BCUT2D eigenvalue weighted by Gasteiger charge is -2.14. The van der Waals surface area contributed by atoms with Crippen molar-refractivity contribution in [2.24, 2.45) is 0 Å². The first-order chi connectivity index (χ1) is 14.0. The van der Waals surface area contributed by atoms with Gasteiger partial charge in [0.05, 0.1) is 25.5 Å². The molecule has 0 radical (unpaired) electrons. The number of nitrogens with zero attached hydrogens (tertiary/aromatic N) is 1. The van der Waals surface area contributed by atoms with Crippen LogP contribution in [0.4, 0.5) is 15.3 Å². The number of urea groups is 1. The number of ether oxygens (including phenoxy) is 1. The van der Waals surface area contributed by atoms with Crippen LogP contribution < -0.4 is 15.4 Å². The van der Waals surface area contributed by atoms with Crippen LogP contribution in [0.1, 0.15) is 17.2 Å². The Hall–Kier alpha value is -3.04. The SMILES string of the molecule is COc1ccc(C(O)CNC(=O)Nc2ccc(CN3C(=O)CSC3=O)cc2)cc1. The molecule has 29 heavy (non-hydrogen) atoms. The van der Waals surface area contributed by atoms with Crippen molar-refractivity contribution < 1.29 is 24.2 Å². The maximum absolute atomic E-state index is 12.0. The molecule has 1 saturated heterocycles. The van der Waals surface area contributed by atoms with Crippen LogP contribution in [-0.4, -0.2) is 46.6 Å². The number of aliphatic hydroxyl groups excluding tert-OH is 1. The van der Waals surface area contributed by atoms with Crippen LogP contribution in [0, 0.1) is 0 Å². The van der Waals surface area contributed by atoms with E-state index in [0.717, 1.165) is 17.3 Å². The lowest BCUT2D eigenvalue weighted by atomic mass is 10.1. The smallest absolute Gasteiger partial charge is 0.319 e. The van der Waals surface area contributed by atoms with Gasteiger partial charge in [0.1, 0.15) is 5.75 Å². The summed E-state index contributed by atoms with van der Waals surface area (Å²) >= 11 is 0.998. The highest BCUT2D eigenvalue weighted by molar-refractivity contribution is 8.14. The number of benzene rings is 2. The van der Waals surface area contributed by atoms with Gasteiger partial charge in [-0.2, -0.15) is 0 Å². The van der Waals surface area contributed by atoms with Gasteiger partial charge in [-0.1, -0.05) is 36.0 Å². The minimum Gasteiger partial charge on any atom is -0.497 e. The molecule has 8 nitrogen and oxygen atoms in total. The van der Waals surface area contributed by atoms with Crippen molar-refractivity contribution in [3.05, 3.63) is 59.7 Å². The zero-order valence-electron chi connectivity index (χ0n) is 15.8. The summed E-state index contributed by atoms with van der Waals surface area (Å²) < 4.78 is 5.07. The Bertz CT molecular complexity index is 870.